The van der Waals surface area contributed by atoms with E-state index in [2.05, 4.69) is 5.32 Å². The Morgan fingerprint density at radius 1 is 1.33 bits per heavy atom. The van der Waals surface area contributed by atoms with E-state index in [-0.39, 0.29) is 31.0 Å². The minimum Gasteiger partial charge on any atom is -0.465 e. The molecule has 0 aliphatic carbocycles. The third-order valence-corrected chi connectivity index (χ3v) is 1.99. The molecule has 1 N–H and O–H groups in total. The van der Waals surface area contributed by atoms with Gasteiger partial charge in [-0.05, 0) is 20.8 Å². The summed E-state index contributed by atoms with van der Waals surface area (Å²) in [6.45, 7) is 6.36. The van der Waals surface area contributed by atoms with Crippen molar-refractivity contribution in [1.29, 1.82) is 0 Å². The molecule has 0 radical (unpaired) electrons. The molecule has 0 heterocycles. The first-order valence-corrected chi connectivity index (χ1v) is 5.11. The Morgan fingerprint density at radius 2 is 1.93 bits per heavy atom. The standard InChI is InChI=1S/C10H20N2O3/c1-5-15-10(14)7-12(8(2)3)6-9(13)11-4/h8H,5-7H2,1-4H3,(H,11,13). The average molecular weight is 216 g/mol. The van der Waals surface area contributed by atoms with E-state index in [4.69, 9.17) is 4.74 Å². The third kappa shape index (κ3) is 6.06. The smallest absolute Gasteiger partial charge is 0.320 e. The lowest BCUT2D eigenvalue weighted by Gasteiger charge is -2.24. The predicted octanol–water partition coefficient (Wildman–Crippen LogP) is 0.00590. The normalized spacial score (nSPS) is 10.5. The Hall–Kier alpha value is -1.10. The van der Waals surface area contributed by atoms with Gasteiger partial charge in [0, 0.05) is 13.1 Å². The van der Waals surface area contributed by atoms with Crippen LogP contribution in [0.5, 0.6) is 0 Å². The molecule has 5 nitrogen and oxygen atoms in total. The van der Waals surface area contributed by atoms with Crippen molar-refractivity contribution in [1.82, 2.24) is 10.2 Å². The van der Waals surface area contributed by atoms with Gasteiger partial charge in [-0.15, -0.1) is 0 Å². The van der Waals surface area contributed by atoms with Crippen LogP contribution < -0.4 is 5.32 Å². The van der Waals surface area contributed by atoms with Crippen LogP contribution in [0.15, 0.2) is 0 Å². The van der Waals surface area contributed by atoms with Gasteiger partial charge < -0.3 is 10.1 Å². The number of nitrogens with zero attached hydrogens (tertiary/aromatic N) is 1. The minimum absolute atomic E-state index is 0.104. The zero-order valence-electron chi connectivity index (χ0n) is 9.87. The number of nitrogens with one attached hydrogen (secondary N) is 1. The third-order valence-electron chi connectivity index (χ3n) is 1.99. The van der Waals surface area contributed by atoms with Crippen molar-refractivity contribution >= 4 is 11.9 Å². The maximum atomic E-state index is 11.2. The second-order valence-electron chi connectivity index (χ2n) is 3.48. The summed E-state index contributed by atoms with van der Waals surface area (Å²) < 4.78 is 4.83. The molecule has 15 heavy (non-hydrogen) atoms. The Labute approximate surface area is 90.8 Å². The highest BCUT2D eigenvalue weighted by atomic mass is 16.5. The molecule has 0 unspecified atom stereocenters. The van der Waals surface area contributed by atoms with Gasteiger partial charge >= 0.3 is 5.97 Å². The molecule has 0 atom stereocenters. The van der Waals surface area contributed by atoms with E-state index >= 15 is 0 Å². The van der Waals surface area contributed by atoms with Gasteiger partial charge in [0.2, 0.25) is 5.91 Å². The zero-order valence-corrected chi connectivity index (χ0v) is 9.87. The number of esters is 1. The van der Waals surface area contributed by atoms with Gasteiger partial charge in [0.15, 0.2) is 0 Å². The van der Waals surface area contributed by atoms with Crippen molar-refractivity contribution in [3.8, 4) is 0 Å². The molecule has 0 aliphatic heterocycles. The van der Waals surface area contributed by atoms with Crippen molar-refractivity contribution < 1.29 is 14.3 Å². The number of likely N-dealkylation sites (N-methyl/N-ethyl adjacent to an activating group) is 1. The van der Waals surface area contributed by atoms with Crippen LogP contribution in [0.2, 0.25) is 0 Å². The molecule has 88 valence electrons. The molecule has 0 bridgehead atoms. The molecule has 5 heteroatoms. The van der Waals surface area contributed by atoms with Crippen LogP contribution >= 0.6 is 0 Å². The lowest BCUT2D eigenvalue weighted by Crippen LogP contribution is -2.42. The molecule has 0 aromatic carbocycles. The molecular formula is C10H20N2O3. The van der Waals surface area contributed by atoms with Crippen molar-refractivity contribution in [3.05, 3.63) is 0 Å². The minimum atomic E-state index is -0.296. The van der Waals surface area contributed by atoms with E-state index in [1.165, 1.54) is 0 Å². The molecule has 0 saturated carbocycles. The number of ether oxygens (including phenoxy) is 1. The summed E-state index contributed by atoms with van der Waals surface area (Å²) in [5.74, 6) is -0.400. The molecule has 0 aliphatic rings. The largest absolute Gasteiger partial charge is 0.465 e. The van der Waals surface area contributed by atoms with E-state index in [0.29, 0.717) is 6.61 Å². The number of carbonyl (C=O) groups excluding carboxylic acids is 2. The van der Waals surface area contributed by atoms with E-state index in [1.54, 1.807) is 18.9 Å². The number of amides is 1. The summed E-state index contributed by atoms with van der Waals surface area (Å²) in [6, 6.07) is 0.131. The zero-order chi connectivity index (χ0) is 11.8. The highest BCUT2D eigenvalue weighted by Crippen LogP contribution is 1.98. The lowest BCUT2D eigenvalue weighted by molar-refractivity contribution is -0.145. The van der Waals surface area contributed by atoms with Crippen molar-refractivity contribution in [2.45, 2.75) is 26.8 Å². The highest BCUT2D eigenvalue weighted by Gasteiger charge is 2.17. The van der Waals surface area contributed by atoms with E-state index in [9.17, 15) is 9.59 Å². The first-order valence-electron chi connectivity index (χ1n) is 5.11. The fourth-order valence-electron chi connectivity index (χ4n) is 1.06. The average Bonchev–Trinajstić information content (AvgIpc) is 2.16. The van der Waals surface area contributed by atoms with E-state index in [1.807, 2.05) is 13.8 Å². The van der Waals surface area contributed by atoms with Crippen molar-refractivity contribution in [3.63, 3.8) is 0 Å². The van der Waals surface area contributed by atoms with Crippen molar-refractivity contribution in [2.24, 2.45) is 0 Å². The van der Waals surface area contributed by atoms with Gasteiger partial charge in [0.25, 0.3) is 0 Å². The predicted molar refractivity (Wildman–Crippen MR) is 57.4 cm³/mol. The SMILES string of the molecule is CCOC(=O)CN(CC(=O)NC)C(C)C. The van der Waals surface area contributed by atoms with Crippen LogP contribution in [-0.2, 0) is 14.3 Å². The maximum absolute atomic E-state index is 11.2. The Morgan fingerprint density at radius 3 is 2.33 bits per heavy atom. The topological polar surface area (TPSA) is 58.6 Å². The van der Waals surface area contributed by atoms with Crippen LogP contribution in [0.25, 0.3) is 0 Å². The van der Waals surface area contributed by atoms with Gasteiger partial charge in [0.1, 0.15) is 0 Å². The van der Waals surface area contributed by atoms with Crippen LogP contribution in [0.3, 0.4) is 0 Å². The van der Waals surface area contributed by atoms with Gasteiger partial charge in [-0.1, -0.05) is 0 Å². The summed E-state index contributed by atoms with van der Waals surface area (Å²) in [6.07, 6.45) is 0. The summed E-state index contributed by atoms with van der Waals surface area (Å²) in [5, 5.41) is 2.52. The van der Waals surface area contributed by atoms with Crippen LogP contribution in [0, 0.1) is 0 Å². The summed E-state index contributed by atoms with van der Waals surface area (Å²) in [4.78, 5) is 24.2. The molecule has 0 aromatic heterocycles. The first kappa shape index (κ1) is 13.9. The lowest BCUT2D eigenvalue weighted by atomic mass is 10.3. The van der Waals surface area contributed by atoms with Gasteiger partial charge in [-0.3, -0.25) is 14.5 Å². The van der Waals surface area contributed by atoms with E-state index in [0.717, 1.165) is 0 Å². The van der Waals surface area contributed by atoms with Crippen LogP contribution in [0.4, 0.5) is 0 Å². The maximum Gasteiger partial charge on any atom is 0.320 e. The second-order valence-corrected chi connectivity index (χ2v) is 3.48. The quantitative estimate of drug-likeness (QED) is 0.635. The fourth-order valence-corrected chi connectivity index (χ4v) is 1.06. The molecule has 0 rings (SSSR count). The van der Waals surface area contributed by atoms with Gasteiger partial charge in [-0.25, -0.2) is 0 Å². The molecule has 0 saturated heterocycles. The summed E-state index contributed by atoms with van der Waals surface area (Å²) >= 11 is 0. The number of hydrogen-bond acceptors (Lipinski definition) is 4. The summed E-state index contributed by atoms with van der Waals surface area (Å²) in [5.41, 5.74) is 0. The van der Waals surface area contributed by atoms with Gasteiger partial charge in [0.05, 0.1) is 19.7 Å². The van der Waals surface area contributed by atoms with Gasteiger partial charge in [-0.2, -0.15) is 0 Å². The van der Waals surface area contributed by atoms with Crippen LogP contribution in [-0.4, -0.2) is 49.6 Å². The summed E-state index contributed by atoms with van der Waals surface area (Å²) in [7, 11) is 1.57. The number of rotatable bonds is 6. The monoisotopic (exact) mass is 216 g/mol. The number of hydrogen-bond donors (Lipinski definition) is 1. The number of carbonyl (C=O) groups is 2. The highest BCUT2D eigenvalue weighted by molar-refractivity contribution is 5.79. The molecule has 0 spiro atoms. The Bertz CT molecular complexity index is 217. The first-order chi connectivity index (χ1) is 7.01. The van der Waals surface area contributed by atoms with E-state index < -0.39 is 0 Å². The molecule has 1 amide bonds. The molecule has 0 aromatic rings. The van der Waals surface area contributed by atoms with Crippen molar-refractivity contribution in [2.75, 3.05) is 26.7 Å². The Balaban J connectivity index is 4.16. The Kier molecular flexibility index (Phi) is 6.70. The fraction of sp³-hybridized carbons (Fsp3) is 0.800. The molecule has 0 fully saturated rings. The second kappa shape index (κ2) is 7.23. The van der Waals surface area contributed by atoms with Crippen LogP contribution in [0.1, 0.15) is 20.8 Å². The molecular weight excluding hydrogens is 196 g/mol.